The first-order valence-electron chi connectivity index (χ1n) is 9.45. The van der Waals surface area contributed by atoms with Gasteiger partial charge in [-0.2, -0.15) is 5.10 Å². The largest absolute Gasteiger partial charge is 0.497 e. The Morgan fingerprint density at radius 2 is 1.93 bits per heavy atom. The van der Waals surface area contributed by atoms with Gasteiger partial charge in [0.25, 0.3) is 0 Å². The average molecular weight is 363 g/mol. The van der Waals surface area contributed by atoms with Gasteiger partial charge in [0.1, 0.15) is 11.6 Å². The highest BCUT2D eigenvalue weighted by atomic mass is 19.1. The van der Waals surface area contributed by atoms with Crippen molar-refractivity contribution in [2.24, 2.45) is 0 Å². The molecule has 0 radical (unpaired) electrons. The minimum Gasteiger partial charge on any atom is -0.497 e. The number of aromatic nitrogens is 2. The van der Waals surface area contributed by atoms with Gasteiger partial charge < -0.3 is 4.74 Å². The van der Waals surface area contributed by atoms with Crippen molar-refractivity contribution in [2.75, 3.05) is 7.11 Å². The van der Waals surface area contributed by atoms with Gasteiger partial charge in [0.05, 0.1) is 24.7 Å². The van der Waals surface area contributed by atoms with Crippen molar-refractivity contribution in [1.29, 1.82) is 0 Å². The molecule has 4 nitrogen and oxygen atoms in total. The summed E-state index contributed by atoms with van der Waals surface area (Å²) in [4.78, 5) is 2.46. The Kier molecular flexibility index (Phi) is 3.97. The Morgan fingerprint density at radius 1 is 1.11 bits per heavy atom. The van der Waals surface area contributed by atoms with E-state index in [1.54, 1.807) is 19.2 Å². The number of ether oxygens (including phenoxy) is 1. The van der Waals surface area contributed by atoms with E-state index in [1.165, 1.54) is 11.3 Å². The Morgan fingerprint density at radius 3 is 2.70 bits per heavy atom. The molecular formula is C22H22FN3O. The molecule has 0 unspecified atom stereocenters. The highest BCUT2D eigenvalue weighted by molar-refractivity contribution is 5.41. The summed E-state index contributed by atoms with van der Waals surface area (Å²) in [5.74, 6) is 0.729. The summed E-state index contributed by atoms with van der Waals surface area (Å²) in [5.41, 5.74) is 4.41. The Bertz CT molecular complexity index is 966. The van der Waals surface area contributed by atoms with Crippen molar-refractivity contribution in [3.8, 4) is 11.4 Å². The lowest BCUT2D eigenvalue weighted by atomic mass is 9.99. The zero-order chi connectivity index (χ0) is 18.4. The summed E-state index contributed by atoms with van der Waals surface area (Å²) < 4.78 is 21.5. The molecule has 0 saturated carbocycles. The van der Waals surface area contributed by atoms with Crippen LogP contribution in [0.2, 0.25) is 0 Å². The summed E-state index contributed by atoms with van der Waals surface area (Å²) in [7, 11) is 1.67. The normalized spacial score (nSPS) is 21.3. The number of hydrogen-bond donors (Lipinski definition) is 0. The highest BCUT2D eigenvalue weighted by Gasteiger charge is 2.42. The maximum absolute atomic E-state index is 14.1. The SMILES string of the molecule is COc1ccc(-n2ncc3c2C[C@@H]2CC[C@H]3N2Cc2ccccc2F)cc1. The highest BCUT2D eigenvalue weighted by Crippen LogP contribution is 2.45. The Balaban J connectivity index is 1.46. The smallest absolute Gasteiger partial charge is 0.127 e. The molecule has 2 aliphatic heterocycles. The van der Waals surface area contributed by atoms with Gasteiger partial charge in [-0.15, -0.1) is 0 Å². The lowest BCUT2D eigenvalue weighted by Gasteiger charge is -2.35. The number of nitrogens with zero attached hydrogens (tertiary/aromatic N) is 3. The van der Waals surface area contributed by atoms with Crippen LogP contribution in [0.15, 0.2) is 54.7 Å². The molecule has 0 aliphatic carbocycles. The monoisotopic (exact) mass is 363 g/mol. The van der Waals surface area contributed by atoms with Crippen LogP contribution < -0.4 is 4.74 Å². The summed E-state index contributed by atoms with van der Waals surface area (Å²) >= 11 is 0. The fourth-order valence-corrected chi connectivity index (χ4v) is 4.59. The molecule has 0 N–H and O–H groups in total. The standard InChI is InChI=1S/C22H22FN3O/c1-27-18-9-6-16(7-10-18)26-22-12-17-8-11-21(19(22)13-24-26)25(17)14-15-4-2-3-5-20(15)23/h2-7,9-10,13,17,21H,8,11-12,14H2,1H3/t17-,21+/m0/s1. The molecule has 27 heavy (non-hydrogen) atoms. The first kappa shape index (κ1) is 16.5. The number of hydrogen-bond acceptors (Lipinski definition) is 3. The molecule has 138 valence electrons. The minimum atomic E-state index is -0.114. The molecule has 1 saturated heterocycles. The number of halogens is 1. The van der Waals surface area contributed by atoms with E-state index in [0.717, 1.165) is 36.3 Å². The Labute approximate surface area is 158 Å². The summed E-state index contributed by atoms with van der Waals surface area (Å²) in [6.45, 7) is 0.662. The van der Waals surface area contributed by atoms with Crippen LogP contribution >= 0.6 is 0 Å². The lowest BCUT2D eigenvalue weighted by Crippen LogP contribution is -2.37. The second-order valence-electron chi connectivity index (χ2n) is 7.37. The maximum Gasteiger partial charge on any atom is 0.127 e. The molecule has 2 aromatic carbocycles. The fourth-order valence-electron chi connectivity index (χ4n) is 4.59. The maximum atomic E-state index is 14.1. The van der Waals surface area contributed by atoms with Crippen molar-refractivity contribution in [2.45, 2.75) is 37.9 Å². The van der Waals surface area contributed by atoms with Gasteiger partial charge in [-0.05, 0) is 43.2 Å². The molecule has 1 fully saturated rings. The first-order chi connectivity index (χ1) is 13.2. The minimum absolute atomic E-state index is 0.114. The van der Waals surface area contributed by atoms with E-state index in [1.807, 2.05) is 42.6 Å². The van der Waals surface area contributed by atoms with E-state index in [2.05, 4.69) is 14.7 Å². The van der Waals surface area contributed by atoms with Gasteiger partial charge in [-0.25, -0.2) is 9.07 Å². The third-order valence-electron chi connectivity index (χ3n) is 5.96. The van der Waals surface area contributed by atoms with Gasteiger partial charge in [-0.1, -0.05) is 18.2 Å². The second kappa shape index (κ2) is 6.50. The van der Waals surface area contributed by atoms with Crippen LogP contribution in [0.5, 0.6) is 5.75 Å². The van der Waals surface area contributed by atoms with Crippen molar-refractivity contribution >= 4 is 0 Å². The molecule has 3 aromatic rings. The zero-order valence-corrected chi connectivity index (χ0v) is 15.3. The van der Waals surface area contributed by atoms with Gasteiger partial charge in [-0.3, -0.25) is 4.90 Å². The topological polar surface area (TPSA) is 30.3 Å². The predicted molar refractivity (Wildman–Crippen MR) is 102 cm³/mol. The van der Waals surface area contributed by atoms with Crippen LogP contribution in [0.25, 0.3) is 5.69 Å². The van der Waals surface area contributed by atoms with Gasteiger partial charge in [0.15, 0.2) is 0 Å². The first-order valence-corrected chi connectivity index (χ1v) is 9.45. The van der Waals surface area contributed by atoms with Crippen LogP contribution in [-0.2, 0) is 13.0 Å². The molecule has 0 amide bonds. The molecule has 5 heteroatoms. The number of rotatable bonds is 4. The van der Waals surface area contributed by atoms with E-state index in [4.69, 9.17) is 4.74 Å². The molecule has 0 spiro atoms. The molecule has 2 aliphatic rings. The van der Waals surface area contributed by atoms with E-state index >= 15 is 0 Å². The van der Waals surface area contributed by atoms with E-state index < -0.39 is 0 Å². The quantitative estimate of drug-likeness (QED) is 0.693. The van der Waals surface area contributed by atoms with E-state index in [0.29, 0.717) is 18.6 Å². The molecular weight excluding hydrogens is 341 g/mol. The third-order valence-corrected chi connectivity index (χ3v) is 5.96. The number of methoxy groups -OCH3 is 1. The van der Waals surface area contributed by atoms with E-state index in [-0.39, 0.29) is 5.82 Å². The number of fused-ring (bicyclic) bond motifs is 4. The van der Waals surface area contributed by atoms with Crippen LogP contribution in [0.4, 0.5) is 4.39 Å². The van der Waals surface area contributed by atoms with Crippen molar-refractivity contribution in [3.05, 3.63) is 77.4 Å². The van der Waals surface area contributed by atoms with Crippen LogP contribution in [-0.4, -0.2) is 27.8 Å². The molecule has 3 heterocycles. The molecule has 2 atom stereocenters. The van der Waals surface area contributed by atoms with Gasteiger partial charge in [0.2, 0.25) is 0 Å². The van der Waals surface area contributed by atoms with Crippen LogP contribution in [0.3, 0.4) is 0 Å². The predicted octanol–water partition coefficient (Wildman–Crippen LogP) is 4.28. The number of benzene rings is 2. The lowest BCUT2D eigenvalue weighted by molar-refractivity contribution is 0.165. The molecule has 2 bridgehead atoms. The summed E-state index contributed by atoms with van der Waals surface area (Å²) in [6.07, 6.45) is 5.21. The zero-order valence-electron chi connectivity index (χ0n) is 15.3. The third kappa shape index (κ3) is 2.73. The van der Waals surface area contributed by atoms with Crippen LogP contribution in [0, 0.1) is 5.82 Å². The van der Waals surface area contributed by atoms with Gasteiger partial charge in [0, 0.05) is 36.2 Å². The van der Waals surface area contributed by atoms with Crippen molar-refractivity contribution < 1.29 is 9.13 Å². The second-order valence-corrected chi connectivity index (χ2v) is 7.37. The molecule has 5 rings (SSSR count). The molecule has 1 aromatic heterocycles. The fraction of sp³-hybridized carbons (Fsp3) is 0.318. The Hall–Kier alpha value is -2.66. The average Bonchev–Trinajstić information content (AvgIpc) is 3.24. The van der Waals surface area contributed by atoms with Gasteiger partial charge >= 0.3 is 0 Å². The summed E-state index contributed by atoms with van der Waals surface area (Å²) in [5, 5.41) is 4.68. The summed E-state index contributed by atoms with van der Waals surface area (Å²) in [6, 6.07) is 15.9. The van der Waals surface area contributed by atoms with Crippen molar-refractivity contribution in [1.82, 2.24) is 14.7 Å². The van der Waals surface area contributed by atoms with Crippen molar-refractivity contribution in [3.63, 3.8) is 0 Å². The van der Waals surface area contributed by atoms with E-state index in [9.17, 15) is 4.39 Å². The van der Waals surface area contributed by atoms with Crippen LogP contribution in [0.1, 0.15) is 35.7 Å².